The summed E-state index contributed by atoms with van der Waals surface area (Å²) in [7, 11) is 0. The molecule has 1 aliphatic carbocycles. The molecule has 1 heterocycles. The van der Waals surface area contributed by atoms with Crippen LogP contribution >= 0.6 is 0 Å². The Morgan fingerprint density at radius 2 is 1.60 bits per heavy atom. The van der Waals surface area contributed by atoms with Crippen LogP contribution in [0.4, 0.5) is 21.5 Å². The quantitative estimate of drug-likeness (QED) is 0.0764. The van der Waals surface area contributed by atoms with Crippen molar-refractivity contribution in [1.29, 1.82) is 0 Å². The molecule has 246 valence electrons. The highest BCUT2D eigenvalue weighted by Crippen LogP contribution is 2.48. The molecule has 8 heteroatoms. The fourth-order valence-electron chi connectivity index (χ4n) is 7.15. The molecule has 4 N–H and O–H groups in total. The van der Waals surface area contributed by atoms with Crippen LogP contribution in [0, 0.1) is 23.6 Å². The molecule has 0 aromatic heterocycles. The van der Waals surface area contributed by atoms with E-state index < -0.39 is 35.4 Å². The molecule has 0 unspecified atom stereocenters. The zero-order chi connectivity index (χ0) is 33.8. The van der Waals surface area contributed by atoms with Crippen molar-refractivity contribution >= 4 is 40.5 Å². The van der Waals surface area contributed by atoms with E-state index >= 15 is 0 Å². The summed E-state index contributed by atoms with van der Waals surface area (Å²) in [5, 5.41) is 35.4. The number of phenols is 1. The minimum Gasteiger partial charge on any atom is -0.505 e. The van der Waals surface area contributed by atoms with Gasteiger partial charge in [0.2, 0.25) is 11.8 Å². The smallest absolute Gasteiger partial charge is 0.238 e. The SMILES string of the molecule is CCC1=C([C@H](O)CC/C(=C/c2ccc(O)c(F)c2)c2ccccc2)[C@H](CO)[C@@H]2C(=O)N(c3ccc(Nc4ccccc4)cc3)C(=O)[C@@H]2C1. The van der Waals surface area contributed by atoms with Crippen LogP contribution in [0.25, 0.3) is 11.6 Å². The summed E-state index contributed by atoms with van der Waals surface area (Å²) in [5.74, 6) is -3.91. The topological polar surface area (TPSA) is 110 Å². The molecule has 0 saturated carbocycles. The van der Waals surface area contributed by atoms with Gasteiger partial charge in [-0.15, -0.1) is 0 Å². The minimum atomic E-state index is -0.970. The second-order valence-corrected chi connectivity index (χ2v) is 12.4. The molecule has 48 heavy (non-hydrogen) atoms. The molecule has 0 bridgehead atoms. The summed E-state index contributed by atoms with van der Waals surface area (Å²) in [4.78, 5) is 29.0. The van der Waals surface area contributed by atoms with Crippen molar-refractivity contribution in [3.8, 4) is 5.75 Å². The standard InChI is InChI=1S/C40H39FN2O5/c1-2-26-23-32-38(40(48)43(39(32)47)31-17-15-30(16-18-31)42-29-11-7-4-8-12-29)33(24-44)37(26)36(46)20-14-28(27-9-5-3-6-10-27)21-25-13-19-35(45)34(41)22-25/h3-13,15-19,21-22,32-33,36,38,42,44-46H,2,14,20,23-24H2,1H3/b28-21-/t32-,33+,36-,38-/m1/s1. The number of aliphatic hydroxyl groups excluding tert-OH is 2. The summed E-state index contributed by atoms with van der Waals surface area (Å²) in [6.07, 6.45) is 2.48. The third kappa shape index (κ3) is 6.68. The van der Waals surface area contributed by atoms with Gasteiger partial charge in [-0.1, -0.05) is 73.2 Å². The van der Waals surface area contributed by atoms with E-state index in [1.54, 1.807) is 18.2 Å². The number of rotatable bonds is 11. The van der Waals surface area contributed by atoms with E-state index in [1.165, 1.54) is 17.0 Å². The number of fused-ring (bicyclic) bond motifs is 1. The molecule has 4 atom stereocenters. The molecule has 2 amide bonds. The van der Waals surface area contributed by atoms with Crippen molar-refractivity contribution in [3.63, 3.8) is 0 Å². The van der Waals surface area contributed by atoms with Crippen LogP contribution in [0.2, 0.25) is 0 Å². The van der Waals surface area contributed by atoms with Gasteiger partial charge in [0.05, 0.1) is 30.2 Å². The number of amides is 2. The van der Waals surface area contributed by atoms with Crippen molar-refractivity contribution in [2.45, 2.75) is 38.7 Å². The number of phenolic OH excluding ortho intramolecular Hbond substituents is 1. The maximum atomic E-state index is 14.1. The van der Waals surface area contributed by atoms with Crippen LogP contribution in [-0.4, -0.2) is 39.8 Å². The van der Waals surface area contributed by atoms with Crippen molar-refractivity contribution < 1.29 is 29.3 Å². The Balaban J connectivity index is 1.23. The summed E-state index contributed by atoms with van der Waals surface area (Å²) in [6.45, 7) is 1.58. The number of para-hydroxylation sites is 1. The Labute approximate surface area is 279 Å². The first-order valence-electron chi connectivity index (χ1n) is 16.3. The van der Waals surface area contributed by atoms with Crippen molar-refractivity contribution in [2.75, 3.05) is 16.8 Å². The molecular formula is C40H39FN2O5. The number of carbonyl (C=O) groups is 2. The first-order chi connectivity index (χ1) is 23.3. The van der Waals surface area contributed by atoms with E-state index in [1.807, 2.05) is 85.8 Å². The number of benzene rings is 4. The highest BCUT2D eigenvalue weighted by Gasteiger charge is 2.55. The normalized spacial score (nSPS) is 20.2. The van der Waals surface area contributed by atoms with Crippen molar-refractivity contribution in [1.82, 2.24) is 0 Å². The van der Waals surface area contributed by atoms with E-state index in [0.717, 1.165) is 28.1 Å². The maximum Gasteiger partial charge on any atom is 0.238 e. The van der Waals surface area contributed by atoms with Gasteiger partial charge in [0.1, 0.15) is 0 Å². The molecule has 4 aromatic rings. The molecule has 7 nitrogen and oxygen atoms in total. The van der Waals surface area contributed by atoms with Gasteiger partial charge in [-0.05, 0) is 96.5 Å². The highest BCUT2D eigenvalue weighted by molar-refractivity contribution is 6.22. The summed E-state index contributed by atoms with van der Waals surface area (Å²) < 4.78 is 14.1. The number of anilines is 3. The van der Waals surface area contributed by atoms with Gasteiger partial charge in [-0.3, -0.25) is 14.5 Å². The number of hydrogen-bond donors (Lipinski definition) is 4. The third-order valence-corrected chi connectivity index (χ3v) is 9.50. The first-order valence-corrected chi connectivity index (χ1v) is 16.3. The zero-order valence-electron chi connectivity index (χ0n) is 26.7. The lowest BCUT2D eigenvalue weighted by Gasteiger charge is -2.36. The maximum absolute atomic E-state index is 14.1. The van der Waals surface area contributed by atoms with Crippen LogP contribution in [-0.2, 0) is 9.59 Å². The van der Waals surface area contributed by atoms with E-state index in [2.05, 4.69) is 5.32 Å². The molecule has 1 fully saturated rings. The molecule has 4 aromatic carbocycles. The Kier molecular flexibility index (Phi) is 9.85. The van der Waals surface area contributed by atoms with Gasteiger partial charge < -0.3 is 20.6 Å². The first kappa shape index (κ1) is 32.9. The lowest BCUT2D eigenvalue weighted by Crippen LogP contribution is -2.39. The summed E-state index contributed by atoms with van der Waals surface area (Å²) in [6, 6.07) is 30.6. The van der Waals surface area contributed by atoms with E-state index in [4.69, 9.17) is 0 Å². The second-order valence-electron chi connectivity index (χ2n) is 12.4. The van der Waals surface area contributed by atoms with Crippen LogP contribution in [0.15, 0.2) is 114 Å². The Hall–Kier alpha value is -5.05. The van der Waals surface area contributed by atoms with Crippen LogP contribution in [0.1, 0.15) is 43.7 Å². The van der Waals surface area contributed by atoms with Crippen LogP contribution in [0.3, 0.4) is 0 Å². The average Bonchev–Trinajstić information content (AvgIpc) is 3.36. The molecule has 1 aliphatic heterocycles. The number of carbonyl (C=O) groups excluding carboxylic acids is 2. The van der Waals surface area contributed by atoms with E-state index in [0.29, 0.717) is 36.1 Å². The number of aromatic hydroxyl groups is 1. The highest BCUT2D eigenvalue weighted by atomic mass is 19.1. The monoisotopic (exact) mass is 646 g/mol. The second kappa shape index (κ2) is 14.4. The Morgan fingerprint density at radius 3 is 2.25 bits per heavy atom. The van der Waals surface area contributed by atoms with Gasteiger partial charge in [-0.2, -0.15) is 0 Å². The van der Waals surface area contributed by atoms with Crippen molar-refractivity contribution in [3.05, 3.63) is 131 Å². The number of nitrogens with zero attached hydrogens (tertiary/aromatic N) is 1. The number of imide groups is 1. The van der Waals surface area contributed by atoms with Crippen molar-refractivity contribution in [2.24, 2.45) is 17.8 Å². The molecule has 1 saturated heterocycles. The van der Waals surface area contributed by atoms with Crippen LogP contribution < -0.4 is 10.2 Å². The molecular weight excluding hydrogens is 607 g/mol. The van der Waals surface area contributed by atoms with Gasteiger partial charge in [-0.25, -0.2) is 4.39 Å². The lowest BCUT2D eigenvalue weighted by molar-refractivity contribution is -0.123. The lowest BCUT2D eigenvalue weighted by atomic mass is 9.67. The molecule has 0 radical (unpaired) electrons. The van der Waals surface area contributed by atoms with E-state index in [-0.39, 0.29) is 24.8 Å². The Bertz CT molecular complexity index is 1840. The number of halogens is 1. The predicted octanol–water partition coefficient (Wildman–Crippen LogP) is 7.48. The molecule has 0 spiro atoms. The van der Waals surface area contributed by atoms with E-state index in [9.17, 15) is 29.3 Å². The average molecular weight is 647 g/mol. The fraction of sp³-hybridized carbons (Fsp3) is 0.250. The Morgan fingerprint density at radius 1 is 0.938 bits per heavy atom. The van der Waals surface area contributed by atoms with Gasteiger partial charge in [0, 0.05) is 17.3 Å². The number of allylic oxidation sites excluding steroid dienone is 2. The predicted molar refractivity (Wildman–Crippen MR) is 186 cm³/mol. The number of hydrogen-bond acceptors (Lipinski definition) is 6. The van der Waals surface area contributed by atoms with Gasteiger partial charge in [0.25, 0.3) is 0 Å². The van der Waals surface area contributed by atoms with Gasteiger partial charge >= 0.3 is 0 Å². The summed E-state index contributed by atoms with van der Waals surface area (Å²) >= 11 is 0. The molecule has 2 aliphatic rings. The third-order valence-electron chi connectivity index (χ3n) is 9.50. The number of aliphatic hydroxyl groups is 2. The summed E-state index contributed by atoms with van der Waals surface area (Å²) in [5.41, 5.74) is 6.06. The largest absolute Gasteiger partial charge is 0.505 e. The fourth-order valence-corrected chi connectivity index (χ4v) is 7.15. The zero-order valence-corrected chi connectivity index (χ0v) is 26.7. The van der Waals surface area contributed by atoms with Crippen LogP contribution in [0.5, 0.6) is 5.75 Å². The molecule has 6 rings (SSSR count). The minimum absolute atomic E-state index is 0.287. The number of nitrogens with one attached hydrogen (secondary N) is 1. The van der Waals surface area contributed by atoms with Gasteiger partial charge in [0.15, 0.2) is 11.6 Å².